The van der Waals surface area contributed by atoms with Crippen molar-refractivity contribution >= 4 is 5.97 Å². The van der Waals surface area contributed by atoms with Crippen molar-refractivity contribution in [3.8, 4) is 0 Å². The predicted molar refractivity (Wildman–Crippen MR) is 82.6 cm³/mol. The summed E-state index contributed by atoms with van der Waals surface area (Å²) < 4.78 is 0.363. The number of carboxylic acids is 1. The monoisotopic (exact) mass is 286 g/mol. The molecule has 2 N–H and O–H groups in total. The molecule has 0 unspecified atom stereocenters. The Balaban J connectivity index is 4.76. The average molecular weight is 286 g/mol. The van der Waals surface area contributed by atoms with Gasteiger partial charge in [-0.05, 0) is 19.3 Å². The van der Waals surface area contributed by atoms with Crippen LogP contribution in [0.25, 0.3) is 0 Å². The third kappa shape index (κ3) is 8.20. The summed E-state index contributed by atoms with van der Waals surface area (Å²) in [5.74, 6) is -0.453. The zero-order valence-corrected chi connectivity index (χ0v) is 13.4. The standard InChI is InChI=1S/C16H31NO3/c1-4-7-8-9-10-15(18)13-17(11-5-2,12-6-3)14-16(19)20/h13H,4-12,14H2,1-3H3,(H-,18,19,20)/p+1/b15-13-. The Bertz CT molecular complexity index is 294. The molecular formula is C16H32NO3+. The predicted octanol–water partition coefficient (Wildman–Crippen LogP) is 4.08. The van der Waals surface area contributed by atoms with Gasteiger partial charge in [-0.3, -0.25) is 4.48 Å². The molecule has 0 aliphatic carbocycles. The van der Waals surface area contributed by atoms with E-state index in [0.717, 1.165) is 38.8 Å². The average Bonchev–Trinajstić information content (AvgIpc) is 2.34. The Labute approximate surface area is 123 Å². The van der Waals surface area contributed by atoms with Crippen molar-refractivity contribution in [1.82, 2.24) is 0 Å². The Hall–Kier alpha value is -1.03. The fourth-order valence-electron chi connectivity index (χ4n) is 2.72. The molecule has 0 rings (SSSR count). The Kier molecular flexibility index (Phi) is 10.2. The quantitative estimate of drug-likeness (QED) is 0.323. The van der Waals surface area contributed by atoms with Crippen molar-refractivity contribution in [2.75, 3.05) is 19.6 Å². The molecular weight excluding hydrogens is 254 g/mol. The van der Waals surface area contributed by atoms with Crippen molar-refractivity contribution in [3.05, 3.63) is 12.0 Å². The van der Waals surface area contributed by atoms with E-state index in [1.165, 1.54) is 12.8 Å². The fourth-order valence-corrected chi connectivity index (χ4v) is 2.72. The number of aliphatic carboxylic acids is 1. The van der Waals surface area contributed by atoms with E-state index in [9.17, 15) is 9.90 Å². The third-order valence-electron chi connectivity index (χ3n) is 3.50. The molecule has 118 valence electrons. The number of unbranched alkanes of at least 4 members (excludes halogenated alkanes) is 3. The SMILES string of the molecule is CCCCCC/C(O)=C/[N+](CCC)(CCC)CC(=O)O. The second kappa shape index (κ2) is 10.7. The zero-order valence-electron chi connectivity index (χ0n) is 13.4. The molecule has 0 saturated heterocycles. The maximum absolute atomic E-state index is 11.1. The van der Waals surface area contributed by atoms with E-state index in [1.807, 2.05) is 0 Å². The summed E-state index contributed by atoms with van der Waals surface area (Å²) in [7, 11) is 0. The van der Waals surface area contributed by atoms with Crippen molar-refractivity contribution < 1.29 is 19.5 Å². The molecule has 0 bridgehead atoms. The Morgan fingerprint density at radius 1 is 0.950 bits per heavy atom. The van der Waals surface area contributed by atoms with Gasteiger partial charge in [-0.1, -0.05) is 40.0 Å². The van der Waals surface area contributed by atoms with Crippen LogP contribution in [-0.4, -0.2) is 40.3 Å². The van der Waals surface area contributed by atoms with Gasteiger partial charge in [0.25, 0.3) is 0 Å². The minimum Gasteiger partial charge on any atom is -0.507 e. The smallest absolute Gasteiger partial charge is 0.359 e. The number of allylic oxidation sites excluding steroid dienone is 1. The number of quaternary nitrogens is 1. The lowest BCUT2D eigenvalue weighted by atomic mass is 10.1. The summed E-state index contributed by atoms with van der Waals surface area (Å²) in [5, 5.41) is 19.2. The first-order chi connectivity index (χ1) is 9.49. The van der Waals surface area contributed by atoms with Gasteiger partial charge in [0.1, 0.15) is 12.0 Å². The minimum absolute atomic E-state index is 0.0562. The number of nitrogens with zero attached hydrogens (tertiary/aromatic N) is 1. The molecule has 0 spiro atoms. The van der Waals surface area contributed by atoms with Gasteiger partial charge < -0.3 is 10.2 Å². The van der Waals surface area contributed by atoms with Crippen LogP contribution in [0.2, 0.25) is 0 Å². The van der Waals surface area contributed by atoms with Crippen LogP contribution >= 0.6 is 0 Å². The minimum atomic E-state index is -0.804. The molecule has 0 aromatic carbocycles. The lowest BCUT2D eigenvalue weighted by Gasteiger charge is -2.33. The molecule has 0 radical (unpaired) electrons. The van der Waals surface area contributed by atoms with Gasteiger partial charge in [0.05, 0.1) is 13.1 Å². The Morgan fingerprint density at radius 3 is 2.00 bits per heavy atom. The molecule has 0 amide bonds. The van der Waals surface area contributed by atoms with E-state index in [-0.39, 0.29) is 6.54 Å². The van der Waals surface area contributed by atoms with Gasteiger partial charge in [0, 0.05) is 6.42 Å². The van der Waals surface area contributed by atoms with Crippen molar-refractivity contribution in [1.29, 1.82) is 0 Å². The van der Waals surface area contributed by atoms with E-state index in [0.29, 0.717) is 16.7 Å². The van der Waals surface area contributed by atoms with Crippen molar-refractivity contribution in [2.45, 2.75) is 65.7 Å². The molecule has 0 aromatic rings. The van der Waals surface area contributed by atoms with Crippen LogP contribution in [0.1, 0.15) is 65.7 Å². The second-order valence-electron chi connectivity index (χ2n) is 5.65. The van der Waals surface area contributed by atoms with Gasteiger partial charge in [-0.2, -0.15) is 0 Å². The van der Waals surface area contributed by atoms with Gasteiger partial charge in [-0.15, -0.1) is 0 Å². The maximum Gasteiger partial charge on any atom is 0.359 e. The molecule has 0 heterocycles. The van der Waals surface area contributed by atoms with E-state index in [2.05, 4.69) is 20.8 Å². The molecule has 0 aromatic heterocycles. The number of rotatable bonds is 12. The number of aliphatic hydroxyl groups is 1. The van der Waals surface area contributed by atoms with E-state index < -0.39 is 5.97 Å². The first-order valence-corrected chi connectivity index (χ1v) is 7.98. The summed E-state index contributed by atoms with van der Waals surface area (Å²) in [6, 6.07) is 0. The molecule has 0 aliphatic rings. The van der Waals surface area contributed by atoms with Gasteiger partial charge in [0.2, 0.25) is 0 Å². The van der Waals surface area contributed by atoms with E-state index in [4.69, 9.17) is 5.11 Å². The highest BCUT2D eigenvalue weighted by atomic mass is 16.4. The van der Waals surface area contributed by atoms with Gasteiger partial charge >= 0.3 is 5.97 Å². The second-order valence-corrected chi connectivity index (χ2v) is 5.65. The highest BCUT2D eigenvalue weighted by molar-refractivity contribution is 5.68. The van der Waals surface area contributed by atoms with E-state index >= 15 is 0 Å². The Morgan fingerprint density at radius 2 is 1.55 bits per heavy atom. The van der Waals surface area contributed by atoms with Crippen molar-refractivity contribution in [2.24, 2.45) is 0 Å². The normalized spacial score (nSPS) is 12.7. The lowest BCUT2D eigenvalue weighted by molar-refractivity contribution is -0.873. The van der Waals surface area contributed by atoms with Crippen LogP contribution in [-0.2, 0) is 4.79 Å². The van der Waals surface area contributed by atoms with Crippen LogP contribution in [0.4, 0.5) is 0 Å². The van der Waals surface area contributed by atoms with Crippen LogP contribution in [0.15, 0.2) is 12.0 Å². The molecule has 0 atom stereocenters. The highest BCUT2D eigenvalue weighted by Gasteiger charge is 2.27. The molecule has 20 heavy (non-hydrogen) atoms. The van der Waals surface area contributed by atoms with Crippen LogP contribution in [0, 0.1) is 0 Å². The third-order valence-corrected chi connectivity index (χ3v) is 3.50. The summed E-state index contributed by atoms with van der Waals surface area (Å²) in [5.41, 5.74) is 0. The fraction of sp³-hybridized carbons (Fsp3) is 0.812. The molecule has 0 fully saturated rings. The number of hydrogen-bond acceptors (Lipinski definition) is 2. The first kappa shape index (κ1) is 19.0. The first-order valence-electron chi connectivity index (χ1n) is 7.98. The number of carbonyl (C=O) groups is 1. The van der Waals surface area contributed by atoms with Crippen LogP contribution in [0.5, 0.6) is 0 Å². The largest absolute Gasteiger partial charge is 0.507 e. The number of hydrogen-bond donors (Lipinski definition) is 2. The topological polar surface area (TPSA) is 57.5 Å². The van der Waals surface area contributed by atoms with Gasteiger partial charge in [-0.25, -0.2) is 4.79 Å². The summed E-state index contributed by atoms with van der Waals surface area (Å²) in [4.78, 5) is 11.1. The zero-order chi connectivity index (χ0) is 15.4. The molecule has 0 aliphatic heterocycles. The van der Waals surface area contributed by atoms with Crippen molar-refractivity contribution in [3.63, 3.8) is 0 Å². The number of aliphatic hydroxyl groups excluding tert-OH is 1. The molecule has 4 nitrogen and oxygen atoms in total. The van der Waals surface area contributed by atoms with E-state index in [1.54, 1.807) is 6.20 Å². The van der Waals surface area contributed by atoms with Gasteiger partial charge in [0.15, 0.2) is 6.54 Å². The van der Waals surface area contributed by atoms with Crippen LogP contribution < -0.4 is 0 Å². The van der Waals surface area contributed by atoms with Crippen LogP contribution in [0.3, 0.4) is 0 Å². The lowest BCUT2D eigenvalue weighted by Crippen LogP contribution is -2.48. The highest BCUT2D eigenvalue weighted by Crippen LogP contribution is 2.16. The summed E-state index contributed by atoms with van der Waals surface area (Å²) in [6.07, 6.45) is 8.72. The summed E-state index contributed by atoms with van der Waals surface area (Å²) in [6.45, 7) is 7.85. The number of carboxylic acid groups (broad SMARTS) is 1. The summed E-state index contributed by atoms with van der Waals surface area (Å²) >= 11 is 0. The molecule has 4 heteroatoms. The molecule has 0 saturated carbocycles. The maximum atomic E-state index is 11.1.